The first-order chi connectivity index (χ1) is 18.7. The highest BCUT2D eigenvalue weighted by Gasteiger charge is 2.16. The van der Waals surface area contributed by atoms with E-state index in [0.717, 1.165) is 33.0 Å². The van der Waals surface area contributed by atoms with Crippen molar-refractivity contribution in [2.75, 3.05) is 17.7 Å². The number of carbonyl (C=O) groups excluding carboxylic acids is 2. The first-order valence-corrected chi connectivity index (χ1v) is 14.3. The van der Waals surface area contributed by atoms with Crippen LogP contribution in [0.25, 0.3) is 11.3 Å². The van der Waals surface area contributed by atoms with Gasteiger partial charge in [-0.25, -0.2) is 4.98 Å². The molecule has 0 atom stereocenters. The van der Waals surface area contributed by atoms with Gasteiger partial charge in [-0.2, -0.15) is 0 Å². The Balaban J connectivity index is 1.25. The predicted octanol–water partition coefficient (Wildman–Crippen LogP) is 5.10. The summed E-state index contributed by atoms with van der Waals surface area (Å²) in [5.74, 6) is 1.31. The molecule has 0 bridgehead atoms. The van der Waals surface area contributed by atoms with Crippen molar-refractivity contribution in [2.24, 2.45) is 7.05 Å². The van der Waals surface area contributed by atoms with E-state index < -0.39 is 0 Å². The summed E-state index contributed by atoms with van der Waals surface area (Å²) >= 11 is 2.71. The number of carbonyl (C=O) groups is 2. The average molecular weight is 565 g/mol. The highest BCUT2D eigenvalue weighted by molar-refractivity contribution is 7.99. The van der Waals surface area contributed by atoms with Crippen LogP contribution >= 0.6 is 23.1 Å². The number of rotatable bonds is 11. The van der Waals surface area contributed by atoms with Crippen LogP contribution in [0.15, 0.2) is 53.7 Å². The van der Waals surface area contributed by atoms with Gasteiger partial charge in [-0.3, -0.25) is 9.59 Å². The van der Waals surface area contributed by atoms with Gasteiger partial charge < -0.3 is 19.9 Å². The molecule has 0 unspecified atom stereocenters. The van der Waals surface area contributed by atoms with E-state index in [9.17, 15) is 9.59 Å². The Morgan fingerprint density at radius 2 is 1.85 bits per heavy atom. The molecule has 9 nitrogen and oxygen atoms in total. The molecule has 11 heteroatoms. The van der Waals surface area contributed by atoms with Crippen LogP contribution in [-0.4, -0.2) is 43.9 Å². The summed E-state index contributed by atoms with van der Waals surface area (Å²) in [6.07, 6.45) is 0. The molecule has 0 aliphatic heterocycles. The smallest absolute Gasteiger partial charge is 0.258 e. The number of thioether (sulfide) groups is 1. The number of aromatic nitrogens is 4. The molecule has 0 aliphatic carbocycles. The second kappa shape index (κ2) is 12.9. The number of hydrogen-bond donors (Lipinski definition) is 2. The maximum Gasteiger partial charge on any atom is 0.258 e. The topological polar surface area (TPSA) is 111 Å². The Kier molecular flexibility index (Phi) is 9.36. The molecule has 0 saturated carbocycles. The Bertz CT molecular complexity index is 1450. The summed E-state index contributed by atoms with van der Waals surface area (Å²) in [4.78, 5) is 30.6. The molecule has 0 saturated heterocycles. The lowest BCUT2D eigenvalue weighted by Gasteiger charge is -2.14. The van der Waals surface area contributed by atoms with Crippen molar-refractivity contribution in [2.45, 2.75) is 45.3 Å². The van der Waals surface area contributed by atoms with Crippen molar-refractivity contribution in [3.05, 3.63) is 70.4 Å². The molecule has 2 amide bonds. The number of ether oxygens (including phenoxy) is 1. The van der Waals surface area contributed by atoms with Crippen LogP contribution in [0.1, 0.15) is 41.6 Å². The van der Waals surface area contributed by atoms with Crippen LogP contribution in [0.5, 0.6) is 5.75 Å². The predicted molar refractivity (Wildman–Crippen MR) is 155 cm³/mol. The van der Waals surface area contributed by atoms with E-state index in [1.165, 1.54) is 23.1 Å². The largest absolute Gasteiger partial charge is 0.483 e. The van der Waals surface area contributed by atoms with E-state index in [4.69, 9.17) is 4.74 Å². The lowest BCUT2D eigenvalue weighted by Crippen LogP contribution is -2.29. The fourth-order valence-corrected chi connectivity index (χ4v) is 5.42. The molecule has 0 fully saturated rings. The molecule has 39 heavy (non-hydrogen) atoms. The zero-order valence-corrected chi connectivity index (χ0v) is 24.3. The van der Waals surface area contributed by atoms with Crippen molar-refractivity contribution in [1.82, 2.24) is 25.1 Å². The standard InChI is InChI=1S/C28H32N6O3S2/c1-17(2)21-12-11-18(3)13-22(21)37-15-24(35)29-14-23-32-33-28(34(23)5)38-16-25(36)30-27-31-26(19(4)39-27)20-9-7-6-8-10-20/h6-13,17H,14-16H2,1-5H3,(H,29,35)(H,30,31,36). The second-order valence-electron chi connectivity index (χ2n) is 9.35. The molecule has 204 valence electrons. The van der Waals surface area contributed by atoms with Crippen molar-refractivity contribution in [1.29, 1.82) is 0 Å². The fourth-order valence-electron chi connectivity index (χ4n) is 3.84. The molecule has 0 radical (unpaired) electrons. The van der Waals surface area contributed by atoms with Crippen LogP contribution in [0, 0.1) is 13.8 Å². The second-order valence-corrected chi connectivity index (χ2v) is 11.5. The van der Waals surface area contributed by atoms with Gasteiger partial charge in [-0.15, -0.1) is 21.5 Å². The highest BCUT2D eigenvalue weighted by Crippen LogP contribution is 2.30. The molecule has 2 aromatic heterocycles. The Hall–Kier alpha value is -3.70. The van der Waals surface area contributed by atoms with E-state index in [1.807, 2.05) is 62.4 Å². The number of aryl methyl sites for hydroxylation is 2. The summed E-state index contributed by atoms with van der Waals surface area (Å²) in [5.41, 5.74) is 4.02. The van der Waals surface area contributed by atoms with Crippen LogP contribution in [0.2, 0.25) is 0 Å². The van der Waals surface area contributed by atoms with E-state index in [1.54, 1.807) is 11.6 Å². The minimum Gasteiger partial charge on any atom is -0.483 e. The monoisotopic (exact) mass is 564 g/mol. The van der Waals surface area contributed by atoms with E-state index in [2.05, 4.69) is 39.7 Å². The maximum atomic E-state index is 12.6. The normalized spacial score (nSPS) is 11.0. The third-order valence-corrected chi connectivity index (χ3v) is 7.85. The van der Waals surface area contributed by atoms with Gasteiger partial charge in [-0.05, 0) is 37.0 Å². The van der Waals surface area contributed by atoms with E-state index >= 15 is 0 Å². The minimum atomic E-state index is -0.253. The quantitative estimate of drug-likeness (QED) is 0.244. The van der Waals surface area contributed by atoms with Gasteiger partial charge in [0.15, 0.2) is 22.7 Å². The minimum absolute atomic E-state index is 0.0922. The first kappa shape index (κ1) is 28.3. The average Bonchev–Trinajstić information content (AvgIpc) is 3.46. The van der Waals surface area contributed by atoms with Crippen LogP contribution in [-0.2, 0) is 23.2 Å². The summed E-state index contributed by atoms with van der Waals surface area (Å²) in [6, 6.07) is 15.9. The van der Waals surface area contributed by atoms with Gasteiger partial charge in [0.05, 0.1) is 18.0 Å². The number of benzene rings is 2. The van der Waals surface area contributed by atoms with Crippen molar-refractivity contribution >= 4 is 40.0 Å². The molecule has 4 rings (SSSR count). The van der Waals surface area contributed by atoms with E-state index in [-0.39, 0.29) is 36.6 Å². The first-order valence-electron chi connectivity index (χ1n) is 12.5. The van der Waals surface area contributed by atoms with Gasteiger partial charge in [0, 0.05) is 17.5 Å². The summed E-state index contributed by atoms with van der Waals surface area (Å²) < 4.78 is 7.57. The number of amides is 2. The maximum absolute atomic E-state index is 12.6. The van der Waals surface area contributed by atoms with E-state index in [0.29, 0.717) is 16.1 Å². The van der Waals surface area contributed by atoms with Gasteiger partial charge in [-0.1, -0.05) is 68.1 Å². The Morgan fingerprint density at radius 3 is 2.59 bits per heavy atom. The molecule has 2 heterocycles. The SMILES string of the molecule is Cc1ccc(C(C)C)c(OCC(=O)NCc2nnc(SCC(=O)Nc3nc(-c4ccccc4)c(C)s3)n2C)c1. The van der Waals surface area contributed by atoms with Crippen LogP contribution in [0.3, 0.4) is 0 Å². The number of anilines is 1. The van der Waals surface area contributed by atoms with Crippen molar-refractivity contribution in [3.8, 4) is 17.0 Å². The number of thiazole rings is 1. The zero-order valence-electron chi connectivity index (χ0n) is 22.6. The van der Waals surface area contributed by atoms with Gasteiger partial charge >= 0.3 is 0 Å². The van der Waals surface area contributed by atoms with Crippen LogP contribution < -0.4 is 15.4 Å². The number of hydrogen-bond acceptors (Lipinski definition) is 8. The van der Waals surface area contributed by atoms with Gasteiger partial charge in [0.2, 0.25) is 5.91 Å². The third kappa shape index (κ3) is 7.45. The molecular weight excluding hydrogens is 532 g/mol. The molecule has 0 spiro atoms. The lowest BCUT2D eigenvalue weighted by atomic mass is 10.0. The Morgan fingerprint density at radius 1 is 1.08 bits per heavy atom. The van der Waals surface area contributed by atoms with Crippen LogP contribution in [0.4, 0.5) is 5.13 Å². The zero-order chi connectivity index (χ0) is 27.9. The number of nitrogens with one attached hydrogen (secondary N) is 2. The third-order valence-electron chi connectivity index (χ3n) is 5.94. The fraction of sp³-hybridized carbons (Fsp3) is 0.321. The Labute approximate surface area is 236 Å². The highest BCUT2D eigenvalue weighted by atomic mass is 32.2. The molecule has 2 N–H and O–H groups in total. The molecular formula is C28H32N6O3S2. The molecule has 4 aromatic rings. The lowest BCUT2D eigenvalue weighted by molar-refractivity contribution is -0.123. The summed E-state index contributed by atoms with van der Waals surface area (Å²) in [5, 5.41) is 15.2. The number of nitrogens with zero attached hydrogens (tertiary/aromatic N) is 4. The molecule has 0 aliphatic rings. The van der Waals surface area contributed by atoms with Crippen molar-refractivity contribution in [3.63, 3.8) is 0 Å². The molecule has 2 aromatic carbocycles. The summed E-state index contributed by atoms with van der Waals surface area (Å²) in [6.45, 7) is 8.27. The van der Waals surface area contributed by atoms with Gasteiger partial charge in [0.25, 0.3) is 5.91 Å². The van der Waals surface area contributed by atoms with Crippen molar-refractivity contribution < 1.29 is 14.3 Å². The summed E-state index contributed by atoms with van der Waals surface area (Å²) in [7, 11) is 1.80. The van der Waals surface area contributed by atoms with Gasteiger partial charge in [0.1, 0.15) is 5.75 Å².